The van der Waals surface area contributed by atoms with E-state index < -0.39 is 0 Å². The van der Waals surface area contributed by atoms with Crippen molar-refractivity contribution in [1.29, 1.82) is 0 Å². The van der Waals surface area contributed by atoms with Crippen LogP contribution in [0.4, 0.5) is 11.4 Å². The summed E-state index contributed by atoms with van der Waals surface area (Å²) >= 11 is 0. The number of hydrogen-bond acceptors (Lipinski definition) is 2. The third-order valence-electron chi connectivity index (χ3n) is 12.4. The van der Waals surface area contributed by atoms with Crippen LogP contribution in [0, 0.1) is 0 Å². The molecule has 0 spiro atoms. The minimum atomic E-state index is 0.976. The molecule has 2 nitrogen and oxygen atoms in total. The van der Waals surface area contributed by atoms with Crippen molar-refractivity contribution < 1.29 is 0 Å². The second-order valence-electron chi connectivity index (χ2n) is 18.5. The van der Waals surface area contributed by atoms with Gasteiger partial charge in [-0.3, -0.25) is 4.99 Å². The lowest BCUT2D eigenvalue weighted by atomic mass is 10.00. The molecular formula is C58H98N2. The molecule has 0 aliphatic heterocycles. The highest BCUT2D eigenvalue weighted by Crippen LogP contribution is 2.26. The Morgan fingerprint density at radius 1 is 0.350 bits per heavy atom. The molecule has 0 aliphatic carbocycles. The van der Waals surface area contributed by atoms with E-state index in [-0.39, 0.29) is 0 Å². The molecule has 0 saturated carbocycles. The van der Waals surface area contributed by atoms with Gasteiger partial charge in [0.05, 0.1) is 22.8 Å². The molecule has 0 N–H and O–H groups in total. The van der Waals surface area contributed by atoms with Crippen LogP contribution in [0.25, 0.3) is 0 Å². The first kappa shape index (κ1) is 53.7. The van der Waals surface area contributed by atoms with Gasteiger partial charge in [-0.1, -0.05) is 214 Å². The molecule has 0 aromatic heterocycles. The number of aryl methyl sites for hydroxylation is 4. The summed E-state index contributed by atoms with van der Waals surface area (Å²) in [5.74, 6) is 0. The summed E-state index contributed by atoms with van der Waals surface area (Å²) in [6, 6.07) is 14.4. The predicted octanol–water partition coefficient (Wildman–Crippen LogP) is 19.9. The first-order valence-corrected chi connectivity index (χ1v) is 26.6. The second kappa shape index (κ2) is 38.2. The van der Waals surface area contributed by atoms with Gasteiger partial charge in [-0.05, 0) is 130 Å². The lowest BCUT2D eigenvalue weighted by Gasteiger charge is -2.12. The minimum Gasteiger partial charge on any atom is -0.251 e. The first-order valence-electron chi connectivity index (χ1n) is 26.6. The zero-order valence-corrected chi connectivity index (χ0v) is 41.0. The third-order valence-corrected chi connectivity index (χ3v) is 12.4. The van der Waals surface area contributed by atoms with E-state index in [1.807, 2.05) is 0 Å². The van der Waals surface area contributed by atoms with Crippen LogP contribution in [-0.2, 0) is 25.7 Å². The van der Waals surface area contributed by atoms with Crippen LogP contribution in [0.5, 0.6) is 0 Å². The average Bonchev–Trinajstić information content (AvgIpc) is 3.26. The van der Waals surface area contributed by atoms with Crippen LogP contribution >= 0.6 is 0 Å². The van der Waals surface area contributed by atoms with Crippen LogP contribution in [0.1, 0.15) is 269 Å². The maximum Gasteiger partial charge on any atom is 0.0848 e. The van der Waals surface area contributed by atoms with Crippen molar-refractivity contribution in [3.05, 3.63) is 70.8 Å². The van der Waals surface area contributed by atoms with Crippen LogP contribution < -0.4 is 0 Å². The van der Waals surface area contributed by atoms with Gasteiger partial charge in [0.25, 0.3) is 0 Å². The average molecular weight is 823 g/mol. The maximum atomic E-state index is 5.57. The zero-order chi connectivity index (χ0) is 43.1. The Bertz CT molecular complexity index is 1340. The van der Waals surface area contributed by atoms with E-state index >= 15 is 0 Å². The Kier molecular flexibility index (Phi) is 34.2. The normalized spacial score (nSPS) is 12.4. The second-order valence-corrected chi connectivity index (χ2v) is 18.5. The van der Waals surface area contributed by atoms with E-state index in [9.17, 15) is 0 Å². The van der Waals surface area contributed by atoms with E-state index in [2.05, 4.69) is 90.1 Å². The summed E-state index contributed by atoms with van der Waals surface area (Å²) in [5, 5.41) is 0. The quantitative estimate of drug-likeness (QED) is 0.0472. The van der Waals surface area contributed by atoms with E-state index in [1.54, 1.807) is 0 Å². The number of aliphatic imine (C=N–C) groups is 2. The van der Waals surface area contributed by atoms with Gasteiger partial charge in [-0.25, -0.2) is 4.99 Å². The van der Waals surface area contributed by atoms with Gasteiger partial charge in [-0.15, -0.1) is 0 Å². The highest BCUT2D eigenvalue weighted by molar-refractivity contribution is 6.47. The third kappa shape index (κ3) is 27.5. The highest BCUT2D eigenvalue weighted by atomic mass is 14.8. The SMILES string of the molecule is CCCCCCCCCCCCCCCCCCCC/C=C/C(=Nc1cc(CCCC)cc(CCCC)c1)C(CCCCCC)=Nc1cc(CCCC)cc(CCCC)c1. The lowest BCUT2D eigenvalue weighted by Crippen LogP contribution is -2.12. The van der Waals surface area contributed by atoms with Crippen molar-refractivity contribution in [2.75, 3.05) is 0 Å². The number of benzene rings is 2. The summed E-state index contributed by atoms with van der Waals surface area (Å²) in [6.07, 6.45) is 51.7. The Labute approximate surface area is 374 Å². The van der Waals surface area contributed by atoms with E-state index in [0.717, 1.165) is 62.0 Å². The van der Waals surface area contributed by atoms with Crippen molar-refractivity contribution >= 4 is 22.8 Å². The summed E-state index contributed by atoms with van der Waals surface area (Å²) in [4.78, 5) is 11.1. The molecule has 0 atom stereocenters. The van der Waals surface area contributed by atoms with Crippen molar-refractivity contribution in [3.63, 3.8) is 0 Å². The lowest BCUT2D eigenvalue weighted by molar-refractivity contribution is 0.525. The summed E-state index contributed by atoms with van der Waals surface area (Å²) in [5.41, 5.74) is 10.3. The molecule has 2 aromatic carbocycles. The predicted molar refractivity (Wildman–Crippen MR) is 273 cm³/mol. The molecule has 0 radical (unpaired) electrons. The van der Waals surface area contributed by atoms with Crippen LogP contribution in [0.3, 0.4) is 0 Å². The molecule has 60 heavy (non-hydrogen) atoms. The minimum absolute atomic E-state index is 0.976. The van der Waals surface area contributed by atoms with Gasteiger partial charge < -0.3 is 0 Å². The molecule has 0 aliphatic rings. The largest absolute Gasteiger partial charge is 0.251 e. The Morgan fingerprint density at radius 3 is 1.03 bits per heavy atom. The molecule has 340 valence electrons. The highest BCUT2D eigenvalue weighted by Gasteiger charge is 2.11. The molecule has 2 aromatic rings. The molecule has 0 heterocycles. The first-order chi connectivity index (χ1) is 29.6. The number of nitrogens with zero attached hydrogens (tertiary/aromatic N) is 2. The molecule has 2 rings (SSSR count). The molecule has 0 fully saturated rings. The number of unbranched alkanes of at least 4 members (excludes halogenated alkanes) is 25. The standard InChI is InChI=1S/C58H98N2/c1-7-13-19-21-22-23-24-25-26-27-28-29-30-31-32-33-34-35-36-38-44-58(60-56-49-53(41-17-11-5)46-54(50-56)42-18-12-6)57(43-37-20-14-8-2)59-55-47-51(39-15-9-3)45-52(48-55)40-16-10-4/h38,44-50H,7-37,39-43H2,1-6H3/b44-38+,59-57?,60-58?. The van der Waals surface area contributed by atoms with Crippen molar-refractivity contribution in [2.24, 2.45) is 9.98 Å². The molecule has 0 unspecified atom stereocenters. The van der Waals surface area contributed by atoms with Gasteiger partial charge in [0, 0.05) is 0 Å². The molecule has 0 saturated heterocycles. The van der Waals surface area contributed by atoms with Crippen molar-refractivity contribution in [2.45, 2.75) is 273 Å². The summed E-state index contributed by atoms with van der Waals surface area (Å²) in [7, 11) is 0. The van der Waals surface area contributed by atoms with Crippen molar-refractivity contribution in [3.8, 4) is 0 Å². The fourth-order valence-corrected chi connectivity index (χ4v) is 8.53. The van der Waals surface area contributed by atoms with Gasteiger partial charge in [0.1, 0.15) is 0 Å². The van der Waals surface area contributed by atoms with Gasteiger partial charge in [0.15, 0.2) is 0 Å². The monoisotopic (exact) mass is 823 g/mol. The Balaban J connectivity index is 2.17. The van der Waals surface area contributed by atoms with Crippen LogP contribution in [0.2, 0.25) is 0 Å². The Hall–Kier alpha value is -2.48. The molecular weight excluding hydrogens is 725 g/mol. The zero-order valence-electron chi connectivity index (χ0n) is 41.0. The fraction of sp³-hybridized carbons (Fsp3) is 0.724. The molecule has 0 amide bonds. The van der Waals surface area contributed by atoms with Gasteiger partial charge >= 0.3 is 0 Å². The van der Waals surface area contributed by atoms with Gasteiger partial charge in [-0.2, -0.15) is 0 Å². The summed E-state index contributed by atoms with van der Waals surface area (Å²) < 4.78 is 0. The number of rotatable bonds is 40. The van der Waals surface area contributed by atoms with Gasteiger partial charge in [0.2, 0.25) is 0 Å². The van der Waals surface area contributed by atoms with Crippen LogP contribution in [-0.4, -0.2) is 11.4 Å². The topological polar surface area (TPSA) is 24.7 Å². The van der Waals surface area contributed by atoms with E-state index in [1.165, 1.54) is 214 Å². The fourth-order valence-electron chi connectivity index (χ4n) is 8.53. The summed E-state index contributed by atoms with van der Waals surface area (Å²) in [6.45, 7) is 13.8. The number of allylic oxidation sites excluding steroid dienone is 2. The number of hydrogen-bond donors (Lipinski definition) is 0. The van der Waals surface area contributed by atoms with Crippen LogP contribution in [0.15, 0.2) is 58.5 Å². The molecule has 2 heteroatoms. The maximum absolute atomic E-state index is 5.57. The Morgan fingerprint density at radius 2 is 0.667 bits per heavy atom. The molecule has 0 bridgehead atoms. The van der Waals surface area contributed by atoms with E-state index in [4.69, 9.17) is 9.98 Å². The van der Waals surface area contributed by atoms with E-state index in [0.29, 0.717) is 0 Å². The van der Waals surface area contributed by atoms with Crippen molar-refractivity contribution in [1.82, 2.24) is 0 Å². The smallest absolute Gasteiger partial charge is 0.0848 e.